The van der Waals surface area contributed by atoms with Crippen molar-refractivity contribution in [3.63, 3.8) is 0 Å². The van der Waals surface area contributed by atoms with Crippen LogP contribution in [-0.2, 0) is 9.53 Å². The van der Waals surface area contributed by atoms with Gasteiger partial charge in [-0.1, -0.05) is 19.9 Å². The van der Waals surface area contributed by atoms with Gasteiger partial charge in [-0.2, -0.15) is 0 Å². The van der Waals surface area contributed by atoms with Crippen molar-refractivity contribution in [2.24, 2.45) is 0 Å². The highest BCUT2D eigenvalue weighted by Crippen LogP contribution is 2.02. The fourth-order valence-corrected chi connectivity index (χ4v) is 0.788. The molecule has 11 heavy (non-hydrogen) atoms. The third-order valence-electron chi connectivity index (χ3n) is 1.41. The van der Waals surface area contributed by atoms with Crippen molar-refractivity contribution in [1.29, 1.82) is 0 Å². The van der Waals surface area contributed by atoms with E-state index in [1.807, 2.05) is 0 Å². The Morgan fingerprint density at radius 3 is 2.45 bits per heavy atom. The molecule has 0 spiro atoms. The number of esters is 1. The zero-order valence-electron chi connectivity index (χ0n) is 7.52. The van der Waals surface area contributed by atoms with Gasteiger partial charge in [-0.15, -0.1) is 0 Å². The van der Waals surface area contributed by atoms with E-state index >= 15 is 0 Å². The maximum atomic E-state index is 10.4. The van der Waals surface area contributed by atoms with Gasteiger partial charge in [-0.05, 0) is 18.4 Å². The normalized spacial score (nSPS) is 11.4. The summed E-state index contributed by atoms with van der Waals surface area (Å²) in [5, 5.41) is 0. The van der Waals surface area contributed by atoms with Crippen molar-refractivity contribution in [2.45, 2.75) is 33.6 Å². The third kappa shape index (κ3) is 5.64. The van der Waals surface area contributed by atoms with Gasteiger partial charge in [-0.3, -0.25) is 4.79 Å². The highest BCUT2D eigenvalue weighted by Gasteiger charge is 1.95. The highest BCUT2D eigenvalue weighted by atomic mass is 16.5. The lowest BCUT2D eigenvalue weighted by molar-refractivity contribution is -0.140. The van der Waals surface area contributed by atoms with E-state index in [2.05, 4.69) is 19.9 Å². The van der Waals surface area contributed by atoms with Crippen LogP contribution in [0.15, 0.2) is 11.6 Å². The summed E-state index contributed by atoms with van der Waals surface area (Å²) in [5.74, 6) is -0.208. The summed E-state index contributed by atoms with van der Waals surface area (Å²) in [5.41, 5.74) is 1.20. The third-order valence-corrected chi connectivity index (χ3v) is 1.41. The molecule has 64 valence electrons. The zero-order valence-corrected chi connectivity index (χ0v) is 7.52. The minimum atomic E-state index is -0.208. The van der Waals surface area contributed by atoms with Crippen LogP contribution in [0.25, 0.3) is 0 Å². The molecule has 0 saturated heterocycles. The fourth-order valence-electron chi connectivity index (χ4n) is 0.788. The maximum Gasteiger partial charge on any atom is 0.302 e. The topological polar surface area (TPSA) is 26.3 Å². The lowest BCUT2D eigenvalue weighted by atomic mass is 10.2. The lowest BCUT2D eigenvalue weighted by Gasteiger charge is -2.03. The van der Waals surface area contributed by atoms with Crippen molar-refractivity contribution >= 4 is 5.97 Å². The van der Waals surface area contributed by atoms with Crippen LogP contribution in [0, 0.1) is 0 Å². The molecule has 2 heteroatoms. The van der Waals surface area contributed by atoms with Crippen LogP contribution < -0.4 is 0 Å². The van der Waals surface area contributed by atoms with E-state index in [0.717, 1.165) is 12.8 Å². The Labute approximate surface area is 68.2 Å². The molecule has 2 nitrogen and oxygen atoms in total. The van der Waals surface area contributed by atoms with Gasteiger partial charge in [0.1, 0.15) is 6.61 Å². The minimum absolute atomic E-state index is 0.208. The second-order valence-electron chi connectivity index (χ2n) is 2.40. The molecule has 0 aromatic rings. The molecular formula is C9H16O2. The Morgan fingerprint density at radius 1 is 1.45 bits per heavy atom. The number of carbonyl (C=O) groups excluding carboxylic acids is 1. The summed E-state index contributed by atoms with van der Waals surface area (Å²) >= 11 is 0. The molecular weight excluding hydrogens is 140 g/mol. The first kappa shape index (κ1) is 10.2. The van der Waals surface area contributed by atoms with Crippen LogP contribution in [0.3, 0.4) is 0 Å². The van der Waals surface area contributed by atoms with Crippen molar-refractivity contribution in [2.75, 3.05) is 6.61 Å². The molecule has 0 aliphatic carbocycles. The summed E-state index contributed by atoms with van der Waals surface area (Å²) in [6.07, 6.45) is 4.06. The molecule has 0 radical (unpaired) electrons. The van der Waals surface area contributed by atoms with E-state index in [1.54, 1.807) is 0 Å². The molecule has 0 amide bonds. The average molecular weight is 156 g/mol. The van der Waals surface area contributed by atoms with Gasteiger partial charge in [-0.25, -0.2) is 0 Å². The molecule has 0 unspecified atom stereocenters. The highest BCUT2D eigenvalue weighted by molar-refractivity contribution is 5.66. The number of ether oxygens (including phenoxy) is 1. The van der Waals surface area contributed by atoms with E-state index in [4.69, 9.17) is 4.74 Å². The van der Waals surface area contributed by atoms with Crippen LogP contribution in [0.4, 0.5) is 0 Å². The molecule has 0 N–H and O–H groups in total. The van der Waals surface area contributed by atoms with Gasteiger partial charge in [0, 0.05) is 6.92 Å². The molecule has 0 aliphatic heterocycles. The minimum Gasteiger partial charge on any atom is -0.461 e. The predicted molar refractivity (Wildman–Crippen MR) is 45.3 cm³/mol. The molecule has 0 bridgehead atoms. The molecule has 0 aliphatic rings. The molecule has 0 aromatic carbocycles. The Morgan fingerprint density at radius 2 is 2.09 bits per heavy atom. The van der Waals surface area contributed by atoms with Gasteiger partial charge in [0.05, 0.1) is 0 Å². The Kier molecular flexibility index (Phi) is 5.53. The number of hydrogen-bond acceptors (Lipinski definition) is 2. The van der Waals surface area contributed by atoms with E-state index in [1.165, 1.54) is 12.5 Å². The maximum absolute atomic E-state index is 10.4. The Hall–Kier alpha value is -0.790. The number of carbonyl (C=O) groups is 1. The fraction of sp³-hybridized carbons (Fsp3) is 0.667. The van der Waals surface area contributed by atoms with E-state index in [-0.39, 0.29) is 5.97 Å². The molecule has 0 saturated carbocycles. The average Bonchev–Trinajstić information content (AvgIpc) is 1.97. The second kappa shape index (κ2) is 5.96. The van der Waals surface area contributed by atoms with Gasteiger partial charge >= 0.3 is 5.97 Å². The van der Waals surface area contributed by atoms with Gasteiger partial charge in [0.2, 0.25) is 0 Å². The van der Waals surface area contributed by atoms with Crippen molar-refractivity contribution in [3.05, 3.63) is 11.6 Å². The van der Waals surface area contributed by atoms with Gasteiger partial charge < -0.3 is 4.74 Å². The molecule has 0 atom stereocenters. The van der Waals surface area contributed by atoms with E-state index < -0.39 is 0 Å². The Balaban J connectivity index is 3.69. The van der Waals surface area contributed by atoms with Crippen molar-refractivity contribution < 1.29 is 9.53 Å². The lowest BCUT2D eigenvalue weighted by Crippen LogP contribution is -2.02. The first-order chi connectivity index (χ1) is 5.20. The molecule has 0 aromatic heterocycles. The molecule has 0 fully saturated rings. The summed E-state index contributed by atoms with van der Waals surface area (Å²) in [7, 11) is 0. The smallest absolute Gasteiger partial charge is 0.302 e. The van der Waals surface area contributed by atoms with Crippen LogP contribution in [-0.4, -0.2) is 12.6 Å². The van der Waals surface area contributed by atoms with E-state index in [0.29, 0.717) is 6.61 Å². The van der Waals surface area contributed by atoms with Crippen LogP contribution >= 0.6 is 0 Å². The van der Waals surface area contributed by atoms with Crippen molar-refractivity contribution in [3.8, 4) is 0 Å². The summed E-state index contributed by atoms with van der Waals surface area (Å²) in [4.78, 5) is 10.4. The summed E-state index contributed by atoms with van der Waals surface area (Å²) < 4.78 is 4.84. The quantitative estimate of drug-likeness (QED) is 0.461. The van der Waals surface area contributed by atoms with Gasteiger partial charge in [0.15, 0.2) is 0 Å². The van der Waals surface area contributed by atoms with Crippen LogP contribution in [0.1, 0.15) is 33.6 Å². The standard InChI is InChI=1S/C9H16O2/c1-4-6-9(5-2)7-11-8(3)10/h6H,4-5,7H2,1-3H3/b9-6-. The van der Waals surface area contributed by atoms with E-state index in [9.17, 15) is 4.79 Å². The van der Waals surface area contributed by atoms with Crippen LogP contribution in [0.5, 0.6) is 0 Å². The van der Waals surface area contributed by atoms with Gasteiger partial charge in [0.25, 0.3) is 0 Å². The first-order valence-corrected chi connectivity index (χ1v) is 4.02. The number of rotatable bonds is 4. The first-order valence-electron chi connectivity index (χ1n) is 4.02. The zero-order chi connectivity index (χ0) is 8.69. The summed E-state index contributed by atoms with van der Waals surface area (Å²) in [6.45, 7) is 6.02. The SMILES string of the molecule is CC/C=C(/CC)COC(C)=O. The van der Waals surface area contributed by atoms with Crippen LogP contribution in [0.2, 0.25) is 0 Å². The number of hydrogen-bond donors (Lipinski definition) is 0. The largest absolute Gasteiger partial charge is 0.461 e. The second-order valence-corrected chi connectivity index (χ2v) is 2.40. The van der Waals surface area contributed by atoms with Crippen molar-refractivity contribution in [1.82, 2.24) is 0 Å². The summed E-state index contributed by atoms with van der Waals surface area (Å²) in [6, 6.07) is 0. The Bertz CT molecular complexity index is 148. The molecule has 0 heterocycles. The predicted octanol–water partition coefficient (Wildman–Crippen LogP) is 2.30. The molecule has 0 rings (SSSR count). The monoisotopic (exact) mass is 156 g/mol. The number of allylic oxidation sites excluding steroid dienone is 1.